The highest BCUT2D eigenvalue weighted by Crippen LogP contribution is 2.18. The molecule has 21 heavy (non-hydrogen) atoms. The molecule has 1 aromatic rings. The van der Waals surface area contributed by atoms with Crippen molar-refractivity contribution in [3.8, 4) is 5.75 Å². The van der Waals surface area contributed by atoms with Gasteiger partial charge in [0.2, 0.25) is 0 Å². The number of carboxylic acid groups (broad SMARTS) is 1. The molecule has 0 aliphatic carbocycles. The van der Waals surface area contributed by atoms with Crippen molar-refractivity contribution >= 4 is 17.7 Å². The van der Waals surface area contributed by atoms with Gasteiger partial charge < -0.3 is 24.8 Å². The van der Waals surface area contributed by atoms with Crippen LogP contribution in [0.25, 0.3) is 0 Å². The Hall–Kier alpha value is -2.28. The molecule has 1 aliphatic heterocycles. The van der Waals surface area contributed by atoms with Crippen LogP contribution < -0.4 is 10.1 Å². The van der Waals surface area contributed by atoms with Gasteiger partial charge in [-0.3, -0.25) is 0 Å². The number of carboxylic acids is 1. The quantitative estimate of drug-likeness (QED) is 0.876. The van der Waals surface area contributed by atoms with Crippen LogP contribution in [0.3, 0.4) is 0 Å². The molecular weight excluding hydrogens is 276 g/mol. The Bertz CT molecular complexity index is 498. The molecule has 2 amide bonds. The van der Waals surface area contributed by atoms with Crippen molar-refractivity contribution in [3.63, 3.8) is 0 Å². The number of hydrogen-bond acceptors (Lipinski definition) is 4. The molecular formula is C14H18N2O5. The first-order valence-electron chi connectivity index (χ1n) is 6.73. The number of anilines is 1. The molecule has 7 nitrogen and oxygen atoms in total. The summed E-state index contributed by atoms with van der Waals surface area (Å²) >= 11 is 0. The molecule has 1 aliphatic rings. The molecule has 114 valence electrons. The van der Waals surface area contributed by atoms with Gasteiger partial charge in [-0.1, -0.05) is 6.07 Å². The predicted molar refractivity (Wildman–Crippen MR) is 75.6 cm³/mol. The lowest BCUT2D eigenvalue weighted by molar-refractivity contribution is -0.139. The van der Waals surface area contributed by atoms with E-state index in [1.807, 2.05) is 0 Å². The minimum absolute atomic E-state index is 0.198. The molecule has 2 N–H and O–H groups in total. The third kappa shape index (κ3) is 4.96. The average molecular weight is 294 g/mol. The molecule has 1 saturated heterocycles. The van der Waals surface area contributed by atoms with Gasteiger partial charge in [0, 0.05) is 31.5 Å². The first-order valence-corrected chi connectivity index (χ1v) is 6.73. The number of rotatable bonds is 4. The summed E-state index contributed by atoms with van der Waals surface area (Å²) in [5.41, 5.74) is 0.563. The molecule has 7 heteroatoms. The van der Waals surface area contributed by atoms with Gasteiger partial charge in [-0.2, -0.15) is 0 Å². The largest absolute Gasteiger partial charge is 0.482 e. The van der Waals surface area contributed by atoms with Crippen molar-refractivity contribution in [1.82, 2.24) is 4.90 Å². The van der Waals surface area contributed by atoms with Gasteiger partial charge in [-0.15, -0.1) is 0 Å². The summed E-state index contributed by atoms with van der Waals surface area (Å²) in [5, 5.41) is 11.3. The number of urea groups is 1. The smallest absolute Gasteiger partial charge is 0.341 e. The summed E-state index contributed by atoms with van der Waals surface area (Å²) in [6.45, 7) is 2.00. The van der Waals surface area contributed by atoms with Gasteiger partial charge in [0.15, 0.2) is 6.61 Å². The number of amides is 2. The van der Waals surface area contributed by atoms with Crippen LogP contribution in [-0.4, -0.2) is 54.9 Å². The van der Waals surface area contributed by atoms with Crippen molar-refractivity contribution in [1.29, 1.82) is 0 Å². The number of hydrogen-bond donors (Lipinski definition) is 2. The van der Waals surface area contributed by atoms with E-state index < -0.39 is 12.6 Å². The number of nitrogens with zero attached hydrogens (tertiary/aromatic N) is 1. The normalized spacial score (nSPS) is 15.1. The third-order valence-electron chi connectivity index (χ3n) is 2.96. The van der Waals surface area contributed by atoms with Crippen molar-refractivity contribution in [2.75, 3.05) is 38.2 Å². The summed E-state index contributed by atoms with van der Waals surface area (Å²) in [4.78, 5) is 24.3. The summed E-state index contributed by atoms with van der Waals surface area (Å²) in [5.74, 6) is -0.650. The Balaban J connectivity index is 1.93. The molecule has 0 bridgehead atoms. The van der Waals surface area contributed by atoms with E-state index in [-0.39, 0.29) is 6.03 Å². The van der Waals surface area contributed by atoms with Crippen LogP contribution in [0, 0.1) is 0 Å². The highest BCUT2D eigenvalue weighted by molar-refractivity contribution is 5.89. The monoisotopic (exact) mass is 294 g/mol. The lowest BCUT2D eigenvalue weighted by Gasteiger charge is -2.20. The van der Waals surface area contributed by atoms with Crippen molar-refractivity contribution in [2.45, 2.75) is 6.42 Å². The van der Waals surface area contributed by atoms with Gasteiger partial charge in [-0.05, 0) is 18.6 Å². The minimum Gasteiger partial charge on any atom is -0.482 e. The van der Waals surface area contributed by atoms with E-state index in [0.29, 0.717) is 37.7 Å². The molecule has 2 rings (SSSR count). The van der Waals surface area contributed by atoms with E-state index in [4.69, 9.17) is 14.6 Å². The van der Waals surface area contributed by atoms with Gasteiger partial charge >= 0.3 is 12.0 Å². The first-order chi connectivity index (χ1) is 10.1. The molecule has 0 atom stereocenters. The van der Waals surface area contributed by atoms with E-state index in [1.165, 1.54) is 0 Å². The lowest BCUT2D eigenvalue weighted by atomic mass is 10.3. The Labute approximate surface area is 122 Å². The third-order valence-corrected chi connectivity index (χ3v) is 2.96. The van der Waals surface area contributed by atoms with Crippen LogP contribution >= 0.6 is 0 Å². The fourth-order valence-corrected chi connectivity index (χ4v) is 1.96. The number of nitrogens with one attached hydrogen (secondary N) is 1. The molecule has 1 fully saturated rings. The van der Waals surface area contributed by atoms with Crippen LogP contribution in [0.2, 0.25) is 0 Å². The topological polar surface area (TPSA) is 88.1 Å². The summed E-state index contributed by atoms with van der Waals surface area (Å²) in [7, 11) is 0. The van der Waals surface area contributed by atoms with Crippen molar-refractivity contribution < 1.29 is 24.2 Å². The molecule has 1 heterocycles. The Morgan fingerprint density at radius 2 is 2.19 bits per heavy atom. The van der Waals surface area contributed by atoms with Crippen LogP contribution in [0.1, 0.15) is 6.42 Å². The maximum absolute atomic E-state index is 12.1. The Morgan fingerprint density at radius 3 is 3.00 bits per heavy atom. The van der Waals surface area contributed by atoms with Gasteiger partial charge in [0.1, 0.15) is 5.75 Å². The van der Waals surface area contributed by atoms with E-state index in [2.05, 4.69) is 5.32 Å². The van der Waals surface area contributed by atoms with Crippen molar-refractivity contribution in [3.05, 3.63) is 24.3 Å². The highest BCUT2D eigenvalue weighted by Gasteiger charge is 2.15. The second-order valence-corrected chi connectivity index (χ2v) is 4.59. The van der Waals surface area contributed by atoms with Crippen LogP contribution in [0.4, 0.5) is 10.5 Å². The fraction of sp³-hybridized carbons (Fsp3) is 0.429. The zero-order valence-electron chi connectivity index (χ0n) is 11.6. The van der Waals surface area contributed by atoms with E-state index in [1.54, 1.807) is 29.2 Å². The van der Waals surface area contributed by atoms with E-state index >= 15 is 0 Å². The number of aliphatic carboxylic acids is 1. The number of carbonyl (C=O) groups is 2. The Kier molecular flexibility index (Phi) is 5.39. The van der Waals surface area contributed by atoms with Crippen molar-refractivity contribution in [2.24, 2.45) is 0 Å². The maximum Gasteiger partial charge on any atom is 0.341 e. The highest BCUT2D eigenvalue weighted by atomic mass is 16.5. The second kappa shape index (κ2) is 7.49. The second-order valence-electron chi connectivity index (χ2n) is 4.59. The summed E-state index contributed by atoms with van der Waals surface area (Å²) < 4.78 is 10.4. The first kappa shape index (κ1) is 15.1. The van der Waals surface area contributed by atoms with Gasteiger partial charge in [0.05, 0.1) is 6.61 Å². The minimum atomic E-state index is -1.05. The van der Waals surface area contributed by atoms with Crippen LogP contribution in [0.15, 0.2) is 24.3 Å². The number of ether oxygens (including phenoxy) is 2. The molecule has 0 aromatic heterocycles. The standard InChI is InChI=1S/C14H18N2O5/c17-13(18)10-21-12-4-1-3-11(9-12)15-14(19)16-5-2-7-20-8-6-16/h1,3-4,9H,2,5-8,10H2,(H,15,19)(H,17,18). The molecule has 0 unspecified atom stereocenters. The number of carbonyl (C=O) groups excluding carboxylic acids is 1. The zero-order valence-corrected chi connectivity index (χ0v) is 11.6. The molecule has 0 radical (unpaired) electrons. The Morgan fingerprint density at radius 1 is 1.33 bits per heavy atom. The number of benzene rings is 1. The summed E-state index contributed by atoms with van der Waals surface area (Å²) in [6.07, 6.45) is 0.815. The fourth-order valence-electron chi connectivity index (χ4n) is 1.96. The van der Waals surface area contributed by atoms with Gasteiger partial charge in [-0.25, -0.2) is 9.59 Å². The average Bonchev–Trinajstić information content (AvgIpc) is 2.74. The van der Waals surface area contributed by atoms with Gasteiger partial charge in [0.25, 0.3) is 0 Å². The molecule has 0 spiro atoms. The zero-order chi connectivity index (χ0) is 15.1. The van der Waals surface area contributed by atoms with E-state index in [0.717, 1.165) is 6.42 Å². The lowest BCUT2D eigenvalue weighted by Crippen LogP contribution is -2.36. The summed E-state index contributed by atoms with van der Waals surface area (Å²) in [6, 6.07) is 6.45. The maximum atomic E-state index is 12.1. The SMILES string of the molecule is O=C(O)COc1cccc(NC(=O)N2CCCOCC2)c1. The van der Waals surface area contributed by atoms with Crippen LogP contribution in [0.5, 0.6) is 5.75 Å². The van der Waals surface area contributed by atoms with Crippen LogP contribution in [-0.2, 0) is 9.53 Å². The predicted octanol–water partition coefficient (Wildman–Crippen LogP) is 1.40. The molecule has 0 saturated carbocycles. The van der Waals surface area contributed by atoms with E-state index in [9.17, 15) is 9.59 Å². The molecule has 1 aromatic carbocycles.